The van der Waals surface area contributed by atoms with Crippen molar-refractivity contribution in [2.45, 2.75) is 6.10 Å². The van der Waals surface area contributed by atoms with E-state index < -0.39 is 6.10 Å². The van der Waals surface area contributed by atoms with Crippen LogP contribution >= 0.6 is 11.3 Å². The molecule has 0 fully saturated rings. The van der Waals surface area contributed by atoms with Gasteiger partial charge in [0.05, 0.1) is 27.6 Å². The number of thiazole rings is 1. The molecule has 0 radical (unpaired) electrons. The molecule has 1 atom stereocenters. The molecule has 26 heavy (non-hydrogen) atoms. The van der Waals surface area contributed by atoms with Crippen LogP contribution in [-0.4, -0.2) is 38.5 Å². The highest BCUT2D eigenvalue weighted by Gasteiger charge is 2.25. The number of ether oxygens (including phenoxy) is 1. The van der Waals surface area contributed by atoms with Crippen LogP contribution in [-0.2, 0) is 4.84 Å². The molecule has 9 nitrogen and oxygen atoms in total. The minimum Gasteiger partial charge on any atom is -0.472 e. The molecule has 0 saturated heterocycles. The number of hydrogen-bond donors (Lipinski definition) is 0. The number of oxime groups is 1. The van der Waals surface area contributed by atoms with Crippen LogP contribution < -0.4 is 4.74 Å². The number of benzene rings is 1. The standard InChI is InChI=1S/C16H12N6O3S/c1-23-20-7-10-4-5-17-15(21-10)14(16-22-19-8-24-16)25-11-2-3-12-13(6-11)26-9-18-12/h2-9,14H,1H3/b20-7+. The van der Waals surface area contributed by atoms with Crippen LogP contribution in [0.2, 0.25) is 0 Å². The van der Waals surface area contributed by atoms with Gasteiger partial charge >= 0.3 is 0 Å². The van der Waals surface area contributed by atoms with Gasteiger partial charge in [-0.2, -0.15) is 0 Å². The van der Waals surface area contributed by atoms with Gasteiger partial charge in [-0.25, -0.2) is 15.0 Å². The fourth-order valence-corrected chi connectivity index (χ4v) is 2.95. The predicted octanol–water partition coefficient (Wildman–Crippen LogP) is 2.62. The number of fused-ring (bicyclic) bond motifs is 1. The zero-order valence-corrected chi connectivity index (χ0v) is 14.3. The first-order valence-corrected chi connectivity index (χ1v) is 8.37. The summed E-state index contributed by atoms with van der Waals surface area (Å²) in [7, 11) is 1.46. The Balaban J connectivity index is 1.70. The molecule has 1 aromatic carbocycles. The van der Waals surface area contributed by atoms with E-state index in [1.165, 1.54) is 31.1 Å². The van der Waals surface area contributed by atoms with Crippen LogP contribution in [0.1, 0.15) is 23.5 Å². The molecule has 0 saturated carbocycles. The smallest absolute Gasteiger partial charge is 0.264 e. The van der Waals surface area contributed by atoms with Crippen LogP contribution in [0.4, 0.5) is 0 Å². The Kier molecular flexibility index (Phi) is 4.48. The van der Waals surface area contributed by atoms with Gasteiger partial charge in [0, 0.05) is 6.20 Å². The Hall–Kier alpha value is -3.40. The van der Waals surface area contributed by atoms with Crippen molar-refractivity contribution in [3.05, 3.63) is 59.8 Å². The third-order valence-corrected chi connectivity index (χ3v) is 4.17. The molecule has 0 amide bonds. The Morgan fingerprint density at radius 3 is 3.08 bits per heavy atom. The lowest BCUT2D eigenvalue weighted by Gasteiger charge is -2.14. The van der Waals surface area contributed by atoms with E-state index in [-0.39, 0.29) is 5.89 Å². The van der Waals surface area contributed by atoms with Crippen molar-refractivity contribution in [3.63, 3.8) is 0 Å². The lowest BCUT2D eigenvalue weighted by molar-refractivity contribution is 0.198. The van der Waals surface area contributed by atoms with Crippen molar-refractivity contribution >= 4 is 27.8 Å². The van der Waals surface area contributed by atoms with Gasteiger partial charge in [0.1, 0.15) is 12.9 Å². The lowest BCUT2D eigenvalue weighted by Crippen LogP contribution is -2.14. The highest BCUT2D eigenvalue weighted by Crippen LogP contribution is 2.29. The number of aromatic nitrogens is 5. The van der Waals surface area contributed by atoms with Crippen molar-refractivity contribution in [1.82, 2.24) is 25.1 Å². The predicted molar refractivity (Wildman–Crippen MR) is 93.0 cm³/mol. The first-order valence-electron chi connectivity index (χ1n) is 7.49. The highest BCUT2D eigenvalue weighted by molar-refractivity contribution is 7.16. The van der Waals surface area contributed by atoms with Gasteiger partial charge in [-0.15, -0.1) is 21.5 Å². The topological polar surface area (TPSA) is 108 Å². The SMILES string of the molecule is CO/N=C/c1ccnc(C(Oc2ccc3ncsc3c2)c2nnco2)n1. The van der Waals surface area contributed by atoms with Gasteiger partial charge in [-0.1, -0.05) is 5.16 Å². The van der Waals surface area contributed by atoms with E-state index in [4.69, 9.17) is 9.15 Å². The zero-order valence-electron chi connectivity index (χ0n) is 13.5. The molecule has 130 valence electrons. The van der Waals surface area contributed by atoms with E-state index in [1.54, 1.807) is 17.8 Å². The van der Waals surface area contributed by atoms with Crippen molar-refractivity contribution in [2.75, 3.05) is 7.11 Å². The molecule has 0 spiro atoms. The molecule has 3 heterocycles. The van der Waals surface area contributed by atoms with E-state index in [1.807, 2.05) is 18.2 Å². The monoisotopic (exact) mass is 368 g/mol. The summed E-state index contributed by atoms with van der Waals surface area (Å²) in [6, 6.07) is 7.29. The summed E-state index contributed by atoms with van der Waals surface area (Å²) in [5.41, 5.74) is 3.25. The van der Waals surface area contributed by atoms with Crippen molar-refractivity contribution in [1.29, 1.82) is 0 Å². The Morgan fingerprint density at radius 2 is 2.23 bits per heavy atom. The molecule has 4 aromatic rings. The molecule has 0 aliphatic carbocycles. The van der Waals surface area contributed by atoms with Crippen LogP contribution in [0.15, 0.2) is 51.9 Å². The average Bonchev–Trinajstić information content (AvgIpc) is 3.36. The second-order valence-corrected chi connectivity index (χ2v) is 5.90. The Labute approximate surface area is 151 Å². The normalized spacial score (nSPS) is 12.5. The first kappa shape index (κ1) is 16.1. The fourth-order valence-electron chi connectivity index (χ4n) is 2.25. The van der Waals surface area contributed by atoms with Crippen LogP contribution in [0.5, 0.6) is 5.75 Å². The lowest BCUT2D eigenvalue weighted by atomic mass is 10.3. The third-order valence-electron chi connectivity index (χ3n) is 3.38. The Morgan fingerprint density at radius 1 is 1.27 bits per heavy atom. The molecule has 10 heteroatoms. The second kappa shape index (κ2) is 7.23. The summed E-state index contributed by atoms with van der Waals surface area (Å²) >= 11 is 1.53. The van der Waals surface area contributed by atoms with Gasteiger partial charge < -0.3 is 14.0 Å². The third kappa shape index (κ3) is 3.35. The largest absolute Gasteiger partial charge is 0.472 e. The minimum atomic E-state index is -0.765. The molecule has 0 bridgehead atoms. The van der Waals surface area contributed by atoms with Crippen molar-refractivity contribution < 1.29 is 14.0 Å². The van der Waals surface area contributed by atoms with Crippen molar-refractivity contribution in [2.24, 2.45) is 5.16 Å². The van der Waals surface area contributed by atoms with Crippen LogP contribution in [0, 0.1) is 0 Å². The van der Waals surface area contributed by atoms with E-state index in [0.29, 0.717) is 17.3 Å². The average molecular weight is 368 g/mol. The van der Waals surface area contributed by atoms with Gasteiger partial charge in [0.15, 0.2) is 5.82 Å². The fraction of sp³-hybridized carbons (Fsp3) is 0.125. The number of nitrogens with zero attached hydrogens (tertiary/aromatic N) is 6. The summed E-state index contributed by atoms with van der Waals surface area (Å²) in [6.07, 6.45) is 3.53. The van der Waals surface area contributed by atoms with E-state index in [9.17, 15) is 0 Å². The molecule has 3 aromatic heterocycles. The summed E-state index contributed by atoms with van der Waals surface area (Å²) in [5.74, 6) is 1.22. The number of rotatable bonds is 6. The molecule has 0 aliphatic rings. The molecular formula is C16H12N6O3S. The zero-order chi connectivity index (χ0) is 17.8. The maximum absolute atomic E-state index is 6.06. The van der Waals surface area contributed by atoms with E-state index in [0.717, 1.165) is 10.2 Å². The minimum absolute atomic E-state index is 0.246. The van der Waals surface area contributed by atoms with Gasteiger partial charge in [-0.05, 0) is 24.3 Å². The maximum atomic E-state index is 6.06. The molecule has 1 unspecified atom stereocenters. The summed E-state index contributed by atoms with van der Waals surface area (Å²) < 4.78 is 12.4. The quantitative estimate of drug-likeness (QED) is 0.377. The Bertz CT molecular complexity index is 1030. The summed E-state index contributed by atoms with van der Waals surface area (Å²) in [5, 5.41) is 11.4. The van der Waals surface area contributed by atoms with Crippen LogP contribution in [0.25, 0.3) is 10.2 Å². The summed E-state index contributed by atoms with van der Waals surface area (Å²) in [4.78, 5) is 17.6. The first-order chi connectivity index (χ1) is 12.8. The molecule has 0 N–H and O–H groups in total. The summed E-state index contributed by atoms with van der Waals surface area (Å²) in [6.45, 7) is 0. The van der Waals surface area contributed by atoms with Gasteiger partial charge in [0.2, 0.25) is 12.5 Å². The number of hydrogen-bond acceptors (Lipinski definition) is 10. The van der Waals surface area contributed by atoms with Gasteiger partial charge in [0.25, 0.3) is 5.89 Å². The van der Waals surface area contributed by atoms with Crippen molar-refractivity contribution in [3.8, 4) is 5.75 Å². The molecule has 0 aliphatic heterocycles. The highest BCUT2D eigenvalue weighted by atomic mass is 32.1. The molecule has 4 rings (SSSR count). The second-order valence-electron chi connectivity index (χ2n) is 5.01. The molecular weight excluding hydrogens is 356 g/mol. The van der Waals surface area contributed by atoms with Crippen LogP contribution in [0.3, 0.4) is 0 Å². The van der Waals surface area contributed by atoms with Gasteiger partial charge in [-0.3, -0.25) is 0 Å². The maximum Gasteiger partial charge on any atom is 0.264 e. The van der Waals surface area contributed by atoms with E-state index >= 15 is 0 Å². The van der Waals surface area contributed by atoms with E-state index in [2.05, 4.69) is 35.1 Å².